The minimum absolute atomic E-state index is 0.345. The largest absolute Gasteiger partial charge is 0.313 e. The molecule has 100 valence electrons. The molecule has 0 heterocycles. The van der Waals surface area contributed by atoms with Crippen LogP contribution in [0.15, 0.2) is 46.9 Å². The SMILES string of the molecule is CNC(Cc1cccc(C)c1)c1cc(C)cc(Br)c1. The molecule has 0 fully saturated rings. The first-order valence-electron chi connectivity index (χ1n) is 6.58. The maximum atomic E-state index is 3.58. The Hall–Kier alpha value is -1.12. The van der Waals surface area contributed by atoms with Crippen molar-refractivity contribution in [2.45, 2.75) is 26.3 Å². The van der Waals surface area contributed by atoms with Gasteiger partial charge < -0.3 is 5.32 Å². The Bertz CT molecular complexity index is 543. The zero-order chi connectivity index (χ0) is 13.8. The second-order valence-electron chi connectivity index (χ2n) is 5.10. The monoisotopic (exact) mass is 317 g/mol. The lowest BCUT2D eigenvalue weighted by Gasteiger charge is -2.18. The van der Waals surface area contributed by atoms with Crippen molar-refractivity contribution in [1.29, 1.82) is 0 Å². The van der Waals surface area contributed by atoms with Crippen LogP contribution in [-0.4, -0.2) is 7.05 Å². The number of rotatable bonds is 4. The van der Waals surface area contributed by atoms with E-state index >= 15 is 0 Å². The molecule has 2 heteroatoms. The predicted molar refractivity (Wildman–Crippen MR) is 85.6 cm³/mol. The van der Waals surface area contributed by atoms with Crippen LogP contribution in [0, 0.1) is 13.8 Å². The molecule has 19 heavy (non-hydrogen) atoms. The van der Waals surface area contributed by atoms with Crippen LogP contribution in [0.25, 0.3) is 0 Å². The third kappa shape index (κ3) is 3.92. The lowest BCUT2D eigenvalue weighted by molar-refractivity contribution is 0.591. The van der Waals surface area contributed by atoms with Crippen molar-refractivity contribution in [2.24, 2.45) is 0 Å². The van der Waals surface area contributed by atoms with E-state index in [-0.39, 0.29) is 0 Å². The van der Waals surface area contributed by atoms with Crippen LogP contribution in [-0.2, 0) is 6.42 Å². The van der Waals surface area contributed by atoms with Gasteiger partial charge in [0.15, 0.2) is 0 Å². The number of benzene rings is 2. The predicted octanol–water partition coefficient (Wildman–Crippen LogP) is 4.57. The molecule has 0 saturated carbocycles. The van der Waals surface area contributed by atoms with Gasteiger partial charge in [0.1, 0.15) is 0 Å². The van der Waals surface area contributed by atoms with E-state index in [9.17, 15) is 0 Å². The highest BCUT2D eigenvalue weighted by Crippen LogP contribution is 2.23. The Morgan fingerprint density at radius 1 is 1.05 bits per heavy atom. The van der Waals surface area contributed by atoms with Gasteiger partial charge in [-0.15, -0.1) is 0 Å². The molecule has 1 nitrogen and oxygen atoms in total. The molecule has 0 spiro atoms. The van der Waals surface area contributed by atoms with Crippen LogP contribution in [0.4, 0.5) is 0 Å². The Balaban J connectivity index is 2.24. The van der Waals surface area contributed by atoms with E-state index in [0.29, 0.717) is 6.04 Å². The summed E-state index contributed by atoms with van der Waals surface area (Å²) in [6, 6.07) is 15.7. The second-order valence-corrected chi connectivity index (χ2v) is 6.01. The van der Waals surface area contributed by atoms with Gasteiger partial charge in [0.25, 0.3) is 0 Å². The third-order valence-electron chi connectivity index (χ3n) is 3.34. The lowest BCUT2D eigenvalue weighted by Crippen LogP contribution is -2.19. The highest BCUT2D eigenvalue weighted by molar-refractivity contribution is 9.10. The molecule has 0 aromatic heterocycles. The summed E-state index contributed by atoms with van der Waals surface area (Å²) in [6.45, 7) is 4.27. The van der Waals surface area contributed by atoms with E-state index in [0.717, 1.165) is 10.9 Å². The van der Waals surface area contributed by atoms with E-state index in [1.807, 2.05) is 7.05 Å². The summed E-state index contributed by atoms with van der Waals surface area (Å²) in [5, 5.41) is 3.42. The molecule has 2 aromatic rings. The van der Waals surface area contributed by atoms with Crippen molar-refractivity contribution in [3.8, 4) is 0 Å². The first-order valence-corrected chi connectivity index (χ1v) is 7.37. The van der Waals surface area contributed by atoms with Crippen LogP contribution in [0.3, 0.4) is 0 Å². The average Bonchev–Trinajstić information content (AvgIpc) is 2.34. The Kier molecular flexibility index (Phi) is 4.78. The minimum Gasteiger partial charge on any atom is -0.313 e. The number of likely N-dealkylation sites (N-methyl/N-ethyl adjacent to an activating group) is 1. The molecule has 2 aromatic carbocycles. The molecule has 0 aliphatic heterocycles. The van der Waals surface area contributed by atoms with Gasteiger partial charge in [-0.2, -0.15) is 0 Å². The molecule has 1 atom stereocenters. The van der Waals surface area contributed by atoms with Crippen molar-refractivity contribution >= 4 is 15.9 Å². The van der Waals surface area contributed by atoms with Crippen LogP contribution in [0.5, 0.6) is 0 Å². The van der Waals surface area contributed by atoms with Crippen molar-refractivity contribution in [3.05, 3.63) is 69.2 Å². The summed E-state index contributed by atoms with van der Waals surface area (Å²) < 4.78 is 1.15. The molecular weight excluding hydrogens is 298 g/mol. The van der Waals surface area contributed by atoms with Crippen LogP contribution in [0.2, 0.25) is 0 Å². The fraction of sp³-hybridized carbons (Fsp3) is 0.294. The summed E-state index contributed by atoms with van der Waals surface area (Å²) in [5.74, 6) is 0. The van der Waals surface area contributed by atoms with Gasteiger partial charge in [-0.3, -0.25) is 0 Å². The number of aryl methyl sites for hydroxylation is 2. The van der Waals surface area contributed by atoms with E-state index < -0.39 is 0 Å². The molecular formula is C17H20BrN. The summed E-state index contributed by atoms with van der Waals surface area (Å²) in [7, 11) is 2.02. The molecule has 0 aliphatic carbocycles. The standard InChI is InChI=1S/C17H20BrN/c1-12-5-4-6-14(7-12)10-17(19-3)15-8-13(2)9-16(18)11-15/h4-9,11,17,19H,10H2,1-3H3. The number of nitrogens with one attached hydrogen (secondary N) is 1. The van der Waals surface area contributed by atoms with Crippen molar-refractivity contribution in [3.63, 3.8) is 0 Å². The van der Waals surface area contributed by atoms with Gasteiger partial charge in [0.05, 0.1) is 0 Å². The fourth-order valence-corrected chi connectivity index (χ4v) is 3.05. The topological polar surface area (TPSA) is 12.0 Å². The molecule has 1 unspecified atom stereocenters. The summed E-state index contributed by atoms with van der Waals surface area (Å²) in [5.41, 5.74) is 5.31. The zero-order valence-electron chi connectivity index (χ0n) is 11.7. The van der Waals surface area contributed by atoms with Gasteiger partial charge in [0.2, 0.25) is 0 Å². The Morgan fingerprint density at radius 3 is 2.47 bits per heavy atom. The Labute approximate surface area is 124 Å². The van der Waals surface area contributed by atoms with E-state index in [4.69, 9.17) is 0 Å². The first-order chi connectivity index (χ1) is 9.08. The average molecular weight is 318 g/mol. The number of hydrogen-bond acceptors (Lipinski definition) is 1. The highest BCUT2D eigenvalue weighted by Gasteiger charge is 2.11. The van der Waals surface area contributed by atoms with E-state index in [2.05, 4.69) is 77.6 Å². The van der Waals surface area contributed by atoms with Crippen molar-refractivity contribution < 1.29 is 0 Å². The molecule has 0 saturated heterocycles. The molecule has 0 bridgehead atoms. The van der Waals surface area contributed by atoms with Crippen molar-refractivity contribution in [2.75, 3.05) is 7.05 Å². The molecule has 0 radical (unpaired) electrons. The zero-order valence-corrected chi connectivity index (χ0v) is 13.3. The van der Waals surface area contributed by atoms with Gasteiger partial charge in [0, 0.05) is 10.5 Å². The summed E-state index contributed by atoms with van der Waals surface area (Å²) in [4.78, 5) is 0. The van der Waals surface area contributed by atoms with Crippen LogP contribution in [0.1, 0.15) is 28.3 Å². The number of halogens is 1. The maximum absolute atomic E-state index is 3.58. The Morgan fingerprint density at radius 2 is 1.84 bits per heavy atom. The maximum Gasteiger partial charge on any atom is 0.0358 e. The normalized spacial score (nSPS) is 12.4. The van der Waals surface area contributed by atoms with Gasteiger partial charge in [-0.25, -0.2) is 0 Å². The first kappa shape index (κ1) is 14.3. The second kappa shape index (κ2) is 6.36. The van der Waals surface area contributed by atoms with Crippen LogP contribution < -0.4 is 5.32 Å². The van der Waals surface area contributed by atoms with Crippen LogP contribution >= 0.6 is 15.9 Å². The minimum atomic E-state index is 0.345. The number of hydrogen-bond donors (Lipinski definition) is 1. The van der Waals surface area contributed by atoms with E-state index in [1.54, 1.807) is 0 Å². The smallest absolute Gasteiger partial charge is 0.0358 e. The van der Waals surface area contributed by atoms with Crippen molar-refractivity contribution in [1.82, 2.24) is 5.32 Å². The van der Waals surface area contributed by atoms with Gasteiger partial charge in [-0.1, -0.05) is 51.8 Å². The quantitative estimate of drug-likeness (QED) is 0.871. The molecule has 0 aliphatic rings. The van der Waals surface area contributed by atoms with Gasteiger partial charge in [-0.05, 0) is 56.1 Å². The lowest BCUT2D eigenvalue weighted by atomic mass is 9.97. The molecule has 1 N–H and O–H groups in total. The van der Waals surface area contributed by atoms with E-state index in [1.165, 1.54) is 22.3 Å². The highest BCUT2D eigenvalue weighted by atomic mass is 79.9. The summed E-state index contributed by atoms with van der Waals surface area (Å²) in [6.07, 6.45) is 1.01. The molecule has 0 amide bonds. The third-order valence-corrected chi connectivity index (χ3v) is 3.80. The fourth-order valence-electron chi connectivity index (χ4n) is 2.43. The molecule has 2 rings (SSSR count). The summed E-state index contributed by atoms with van der Waals surface area (Å²) >= 11 is 3.58. The van der Waals surface area contributed by atoms with Gasteiger partial charge >= 0.3 is 0 Å².